The molecule has 198 valence electrons. The van der Waals surface area contributed by atoms with Crippen LogP contribution in [0.25, 0.3) is 0 Å². The van der Waals surface area contributed by atoms with Crippen LogP contribution in [0.5, 0.6) is 0 Å². The van der Waals surface area contributed by atoms with Gasteiger partial charge in [-0.1, -0.05) is 25.6 Å². The molecule has 1 aromatic carbocycles. The van der Waals surface area contributed by atoms with Gasteiger partial charge in [-0.3, -0.25) is 4.90 Å². The largest absolute Gasteiger partial charge is 0.418 e. The van der Waals surface area contributed by atoms with Gasteiger partial charge in [-0.05, 0) is 66.4 Å². The smallest absolute Gasteiger partial charge is 0.320 e. The van der Waals surface area contributed by atoms with Crippen molar-refractivity contribution in [3.8, 4) is 0 Å². The second-order valence-electron chi connectivity index (χ2n) is 12.0. The van der Waals surface area contributed by atoms with Crippen molar-refractivity contribution in [2.45, 2.75) is 44.2 Å². The summed E-state index contributed by atoms with van der Waals surface area (Å²) in [7, 11) is 1.95. The minimum absolute atomic E-state index is 0.110. The Morgan fingerprint density at radius 2 is 1.87 bits per heavy atom. The first-order valence-corrected chi connectivity index (χ1v) is 13.2. The number of halogens is 3. The van der Waals surface area contributed by atoms with Gasteiger partial charge in [-0.25, -0.2) is 0 Å². The lowest BCUT2D eigenvalue weighted by Crippen LogP contribution is -2.49. The first kappa shape index (κ1) is 23.8. The summed E-state index contributed by atoms with van der Waals surface area (Å²) in [6.07, 6.45) is 6.32. The molecule has 2 aromatic rings. The number of allylic oxidation sites excluding steroid dienone is 1. The first-order valence-electron chi connectivity index (χ1n) is 13.2. The van der Waals surface area contributed by atoms with Crippen molar-refractivity contribution < 1.29 is 13.2 Å². The fourth-order valence-corrected chi connectivity index (χ4v) is 6.97. The van der Waals surface area contributed by atoms with E-state index in [4.69, 9.17) is 0 Å². The Hall–Kier alpha value is -3.33. The number of nitrogens with zero attached hydrogens (tertiary/aromatic N) is 6. The van der Waals surface area contributed by atoms with Gasteiger partial charge in [0.25, 0.3) is 0 Å². The van der Waals surface area contributed by atoms with E-state index in [1.54, 1.807) is 22.3 Å². The number of aromatic nitrogens is 3. The predicted molar refractivity (Wildman–Crippen MR) is 138 cm³/mol. The normalized spacial score (nSPS) is 28.0. The molecule has 3 aliphatic heterocycles. The van der Waals surface area contributed by atoms with Crippen LogP contribution in [0.1, 0.15) is 44.0 Å². The van der Waals surface area contributed by atoms with E-state index in [9.17, 15) is 13.2 Å². The van der Waals surface area contributed by atoms with Gasteiger partial charge in [-0.15, -0.1) is 10.2 Å². The summed E-state index contributed by atoms with van der Waals surface area (Å²) < 4.78 is 44.7. The van der Waals surface area contributed by atoms with Gasteiger partial charge in [0, 0.05) is 44.8 Å². The summed E-state index contributed by atoms with van der Waals surface area (Å²) in [6, 6.07) is 8.04. The fraction of sp³-hybridized carbons (Fsp3) is 0.448. The lowest BCUT2D eigenvalue weighted by atomic mass is 9.58. The molecule has 4 heterocycles. The molecular formula is C29H31F3N6. The standard InChI is InChI=1S/C29H31F3N6/c1-19-11-28(12-19,26-34-33-18-35(26)3)22-5-4-6-23(10-22)37-15-25-24(29(30,31)32)9-21(14-38(25)20(37)2)13-36-16-27(17-36)7-8-27/h4-6,9-10,14-15,18-19H,2,7-8,11-13,16-17H2,1,3H3. The van der Waals surface area contributed by atoms with Crippen molar-refractivity contribution in [2.75, 3.05) is 24.5 Å². The molecule has 7 rings (SSSR count). The van der Waals surface area contributed by atoms with Crippen LogP contribution in [0, 0.1) is 11.3 Å². The van der Waals surface area contributed by atoms with E-state index >= 15 is 0 Å². The Labute approximate surface area is 220 Å². The molecule has 2 aliphatic carbocycles. The Morgan fingerprint density at radius 1 is 1.11 bits per heavy atom. The average molecular weight is 521 g/mol. The third-order valence-corrected chi connectivity index (χ3v) is 8.96. The fourth-order valence-electron chi connectivity index (χ4n) is 6.97. The van der Waals surface area contributed by atoms with Gasteiger partial charge in [0.15, 0.2) is 0 Å². The van der Waals surface area contributed by atoms with Crippen LogP contribution in [0.2, 0.25) is 0 Å². The van der Waals surface area contributed by atoms with E-state index in [0.29, 0.717) is 29.3 Å². The van der Waals surface area contributed by atoms with Gasteiger partial charge in [0.1, 0.15) is 18.0 Å². The highest BCUT2D eigenvalue weighted by Gasteiger charge is 2.52. The monoisotopic (exact) mass is 520 g/mol. The van der Waals surface area contributed by atoms with Crippen molar-refractivity contribution in [3.63, 3.8) is 0 Å². The van der Waals surface area contributed by atoms with Crippen LogP contribution < -0.4 is 4.90 Å². The van der Waals surface area contributed by atoms with Crippen LogP contribution in [-0.2, 0) is 12.5 Å². The minimum Gasteiger partial charge on any atom is -0.320 e. The zero-order valence-corrected chi connectivity index (χ0v) is 21.7. The van der Waals surface area contributed by atoms with Gasteiger partial charge < -0.3 is 14.4 Å². The van der Waals surface area contributed by atoms with Crippen LogP contribution in [-0.4, -0.2) is 50.4 Å². The summed E-state index contributed by atoms with van der Waals surface area (Å²) in [5, 5.41) is 8.54. The summed E-state index contributed by atoms with van der Waals surface area (Å²) in [5.74, 6) is 1.96. The molecular weight excluding hydrogens is 489 g/mol. The molecule has 0 amide bonds. The van der Waals surface area contributed by atoms with Crippen molar-refractivity contribution in [1.82, 2.24) is 24.6 Å². The lowest BCUT2D eigenvalue weighted by Gasteiger charge is -2.46. The Kier molecular flexibility index (Phi) is 4.91. The van der Waals surface area contributed by atoms with Crippen molar-refractivity contribution in [3.05, 3.63) is 89.7 Å². The number of hydrogen-bond acceptors (Lipinski definition) is 5. The highest BCUT2D eigenvalue weighted by atomic mass is 19.4. The number of benzene rings is 1. The minimum atomic E-state index is -4.47. The van der Waals surface area contributed by atoms with Crippen molar-refractivity contribution in [1.29, 1.82) is 0 Å². The molecule has 5 aliphatic rings. The second-order valence-corrected chi connectivity index (χ2v) is 12.0. The quantitative estimate of drug-likeness (QED) is 0.525. The van der Waals surface area contributed by atoms with Crippen LogP contribution >= 0.6 is 0 Å². The molecule has 9 heteroatoms. The third-order valence-electron chi connectivity index (χ3n) is 8.96. The van der Waals surface area contributed by atoms with E-state index in [2.05, 4.69) is 40.7 Å². The molecule has 0 atom stereocenters. The summed E-state index contributed by atoms with van der Waals surface area (Å²) in [4.78, 5) is 5.61. The molecule has 0 N–H and O–H groups in total. The lowest BCUT2D eigenvalue weighted by molar-refractivity contribution is -0.0909. The second kappa shape index (κ2) is 7.85. The number of aryl methyl sites for hydroxylation is 1. The molecule has 0 bridgehead atoms. The third kappa shape index (κ3) is 3.58. The molecule has 0 unspecified atom stereocenters. The molecule has 6 nitrogen and oxygen atoms in total. The summed E-state index contributed by atoms with van der Waals surface area (Å²) in [6.45, 7) is 8.92. The number of likely N-dealkylation sites (tertiary alicyclic amines) is 1. The van der Waals surface area contributed by atoms with Crippen molar-refractivity contribution in [2.24, 2.45) is 18.4 Å². The molecule has 1 saturated heterocycles. The maximum atomic E-state index is 14.2. The Balaban J connectivity index is 1.21. The molecule has 38 heavy (non-hydrogen) atoms. The van der Waals surface area contributed by atoms with Crippen LogP contribution in [0.4, 0.5) is 18.9 Å². The highest BCUT2D eigenvalue weighted by molar-refractivity contribution is 5.65. The maximum absolute atomic E-state index is 14.2. The Morgan fingerprint density at radius 3 is 2.50 bits per heavy atom. The molecule has 0 radical (unpaired) electrons. The predicted octanol–water partition coefficient (Wildman–Crippen LogP) is 5.45. The highest BCUT2D eigenvalue weighted by Crippen LogP contribution is 2.54. The molecule has 1 spiro atoms. The Bertz CT molecular complexity index is 1410. The van der Waals surface area contributed by atoms with Crippen LogP contribution in [0.3, 0.4) is 0 Å². The maximum Gasteiger partial charge on any atom is 0.418 e. The summed E-state index contributed by atoms with van der Waals surface area (Å²) in [5.41, 5.74) is 2.21. The topological polar surface area (TPSA) is 40.4 Å². The number of alkyl halides is 3. The zero-order chi connectivity index (χ0) is 26.4. The summed E-state index contributed by atoms with van der Waals surface area (Å²) >= 11 is 0. The SMILES string of the molecule is C=C1N2C=C(CN3CC4(CC4)C3)C=C(C(F)(F)F)C2=CN1c1cccc(C2(c3nncn3C)CC(C)C2)c1. The van der Waals surface area contributed by atoms with Crippen molar-refractivity contribution >= 4 is 5.69 Å². The zero-order valence-electron chi connectivity index (χ0n) is 21.7. The van der Waals surface area contributed by atoms with Gasteiger partial charge >= 0.3 is 6.18 Å². The number of rotatable bonds is 5. The van der Waals surface area contributed by atoms with E-state index in [0.717, 1.165) is 43.0 Å². The number of anilines is 1. The van der Waals surface area contributed by atoms with E-state index in [1.165, 1.54) is 18.9 Å². The van der Waals surface area contributed by atoms with Crippen LogP contribution in [0.15, 0.2) is 78.3 Å². The molecule has 1 aromatic heterocycles. The van der Waals surface area contributed by atoms with E-state index < -0.39 is 11.7 Å². The van der Waals surface area contributed by atoms with Gasteiger partial charge in [0.05, 0.1) is 16.7 Å². The average Bonchev–Trinajstić information content (AvgIpc) is 3.40. The van der Waals surface area contributed by atoms with E-state index in [-0.39, 0.29) is 11.1 Å². The van der Waals surface area contributed by atoms with Gasteiger partial charge in [0.2, 0.25) is 0 Å². The number of fused-ring (bicyclic) bond motifs is 1. The molecule has 3 fully saturated rings. The number of hydrogen-bond donors (Lipinski definition) is 0. The van der Waals surface area contributed by atoms with Gasteiger partial charge in [-0.2, -0.15) is 13.2 Å². The molecule has 2 saturated carbocycles. The first-order chi connectivity index (χ1) is 18.1. The van der Waals surface area contributed by atoms with E-state index in [1.807, 2.05) is 29.9 Å².